The van der Waals surface area contributed by atoms with Gasteiger partial charge in [-0.05, 0) is 145 Å². The maximum Gasteiger partial charge on any atom is 0.337 e. The van der Waals surface area contributed by atoms with Gasteiger partial charge in [-0.15, -0.1) is 0 Å². The highest BCUT2D eigenvalue weighted by Gasteiger charge is 2.33. The normalized spacial score (nSPS) is 16.3. The largest absolute Gasteiger partial charge is 0.497 e. The third kappa shape index (κ3) is 9.91. The standard InChI is InChI=1S/C28H29NO5.C27H27NO5.C4H8O/c1-32-21-10-12-22-19(14-21)13-20(28(31)34-3)16-29-24-15-18(27(30)33-2)9-11-23(24)25(26(22)29)17-7-5-4-6-8-17;1-32-20-9-11-21-18(13-20)12-19(26(29)30)15-28-23-14-17(27(31)33-2)8-10-22(23)24(25(21)28)16-6-4-3-5-7-16;1-2-4-5-3-1/h9-15,17H,4-8,16H2,1-3H3;8-14,16H,3-7,15H2,1-2H3,(H,29,30);1-4H2. The van der Waals surface area contributed by atoms with Crippen molar-refractivity contribution in [2.45, 2.75) is 102 Å². The number of benzene rings is 4. The number of ether oxygens (including phenoxy) is 6. The quantitative estimate of drug-likeness (QED) is 0.114. The molecule has 3 fully saturated rings. The van der Waals surface area contributed by atoms with Crippen LogP contribution in [-0.4, -0.2) is 86.9 Å². The lowest BCUT2D eigenvalue weighted by Crippen LogP contribution is -2.12. The molecule has 0 atom stereocenters. The molecule has 2 saturated carbocycles. The van der Waals surface area contributed by atoms with Gasteiger partial charge in [0.2, 0.25) is 0 Å². The molecule has 5 aliphatic rings. The minimum absolute atomic E-state index is 0.218. The second kappa shape index (κ2) is 22.1. The number of hydrogen-bond donors (Lipinski definition) is 1. The molecule has 13 heteroatoms. The number of nitrogens with zero attached hydrogens (tertiary/aromatic N) is 2. The van der Waals surface area contributed by atoms with Crippen molar-refractivity contribution < 1.29 is 52.7 Å². The van der Waals surface area contributed by atoms with Gasteiger partial charge in [-0.25, -0.2) is 19.2 Å². The number of rotatable bonds is 8. The average Bonchev–Trinajstić information content (AvgIpc) is 4.13. The zero-order chi connectivity index (χ0) is 50.5. The van der Waals surface area contributed by atoms with Crippen molar-refractivity contribution in [1.29, 1.82) is 0 Å². The number of carbonyl (C=O) groups excluding carboxylic acids is 3. The van der Waals surface area contributed by atoms with Crippen molar-refractivity contribution in [3.8, 4) is 34.0 Å². The fraction of sp³-hybridized carbons (Fsp3) is 0.390. The summed E-state index contributed by atoms with van der Waals surface area (Å²) in [5, 5.41) is 12.2. The van der Waals surface area contributed by atoms with Gasteiger partial charge in [0.25, 0.3) is 0 Å². The fourth-order valence-corrected chi connectivity index (χ4v) is 11.5. The summed E-state index contributed by atoms with van der Waals surface area (Å²) in [5.41, 5.74) is 12.1. The molecule has 11 rings (SSSR count). The van der Waals surface area contributed by atoms with E-state index in [-0.39, 0.29) is 18.5 Å². The Kier molecular flexibility index (Phi) is 15.3. The lowest BCUT2D eigenvalue weighted by molar-refractivity contribution is -0.136. The summed E-state index contributed by atoms with van der Waals surface area (Å²) in [6, 6.07) is 23.3. The molecule has 2 aromatic heterocycles. The van der Waals surface area contributed by atoms with Gasteiger partial charge in [0, 0.05) is 46.1 Å². The highest BCUT2D eigenvalue weighted by atomic mass is 16.5. The number of carbonyl (C=O) groups is 4. The van der Waals surface area contributed by atoms with E-state index in [4.69, 9.17) is 28.4 Å². The van der Waals surface area contributed by atoms with Crippen LogP contribution in [0.25, 0.3) is 56.5 Å². The van der Waals surface area contributed by atoms with Crippen LogP contribution in [0.5, 0.6) is 11.5 Å². The van der Waals surface area contributed by atoms with Crippen molar-refractivity contribution >= 4 is 57.8 Å². The van der Waals surface area contributed by atoms with Gasteiger partial charge in [0.05, 0.1) is 82.3 Å². The Balaban J connectivity index is 0.000000162. The molecular formula is C59H64N2O11. The lowest BCUT2D eigenvalue weighted by atomic mass is 9.81. The average molecular weight is 977 g/mol. The number of aromatic nitrogens is 2. The van der Waals surface area contributed by atoms with Crippen LogP contribution >= 0.6 is 0 Å². The molecule has 1 N–H and O–H groups in total. The van der Waals surface area contributed by atoms with Crippen LogP contribution in [0.15, 0.2) is 83.9 Å². The first-order chi connectivity index (χ1) is 35.1. The Morgan fingerprint density at radius 2 is 0.944 bits per heavy atom. The second-order valence-electron chi connectivity index (χ2n) is 19.2. The molecule has 72 heavy (non-hydrogen) atoms. The Morgan fingerprint density at radius 1 is 0.514 bits per heavy atom. The number of esters is 3. The number of carboxylic acid groups (broad SMARTS) is 1. The summed E-state index contributed by atoms with van der Waals surface area (Å²) in [6.07, 6.45) is 18.0. The summed E-state index contributed by atoms with van der Waals surface area (Å²) in [6.45, 7) is 2.57. The highest BCUT2D eigenvalue weighted by molar-refractivity contribution is 6.04. The van der Waals surface area contributed by atoms with E-state index in [9.17, 15) is 24.3 Å². The molecule has 6 aromatic rings. The van der Waals surface area contributed by atoms with E-state index in [0.29, 0.717) is 46.4 Å². The molecule has 13 nitrogen and oxygen atoms in total. The molecular weight excluding hydrogens is 913 g/mol. The summed E-state index contributed by atoms with van der Waals surface area (Å²) in [5.74, 6) is 0.128. The van der Waals surface area contributed by atoms with Gasteiger partial charge in [-0.2, -0.15) is 0 Å². The van der Waals surface area contributed by atoms with Crippen LogP contribution in [0.4, 0.5) is 0 Å². The summed E-state index contributed by atoms with van der Waals surface area (Å²) in [7, 11) is 7.41. The first kappa shape index (κ1) is 49.8. The Bertz CT molecular complexity index is 3090. The molecule has 4 aromatic carbocycles. The smallest absolute Gasteiger partial charge is 0.337 e. The minimum atomic E-state index is -0.957. The number of aliphatic carboxylic acids is 1. The minimum Gasteiger partial charge on any atom is -0.497 e. The molecule has 2 aliphatic carbocycles. The van der Waals surface area contributed by atoms with Gasteiger partial charge in [-0.1, -0.05) is 50.7 Å². The molecule has 5 heterocycles. The molecule has 0 amide bonds. The lowest BCUT2D eigenvalue weighted by Gasteiger charge is -2.24. The number of hydrogen-bond acceptors (Lipinski definition) is 10. The SMILES string of the molecule is C1CCOC1.COC(=O)C1=Cc2cc(OC)ccc2-c2c(C3CCCCC3)c3ccc(C(=O)OC)cc3n2C1.COC(=O)c1ccc2c(C3CCCCC3)c3n(c2c1)CC(C(=O)O)=Cc1cc(OC)ccc1-3. The van der Waals surface area contributed by atoms with Crippen molar-refractivity contribution in [3.63, 3.8) is 0 Å². The highest BCUT2D eigenvalue weighted by Crippen LogP contribution is 2.49. The molecule has 0 unspecified atom stereocenters. The maximum atomic E-state index is 12.8. The van der Waals surface area contributed by atoms with E-state index in [1.807, 2.05) is 72.8 Å². The Hall–Kier alpha value is -7.12. The van der Waals surface area contributed by atoms with Crippen LogP contribution in [0, 0.1) is 0 Å². The molecule has 0 radical (unpaired) electrons. The van der Waals surface area contributed by atoms with Crippen LogP contribution in [0.3, 0.4) is 0 Å². The number of carboxylic acids is 1. The number of fused-ring (bicyclic) bond motifs is 10. The maximum absolute atomic E-state index is 12.8. The summed E-state index contributed by atoms with van der Waals surface area (Å²) in [4.78, 5) is 49.6. The van der Waals surface area contributed by atoms with E-state index in [1.165, 1.54) is 83.8 Å². The van der Waals surface area contributed by atoms with E-state index in [0.717, 1.165) is 100 Å². The second-order valence-corrected chi connectivity index (χ2v) is 19.2. The van der Waals surface area contributed by atoms with Crippen molar-refractivity contribution in [2.75, 3.05) is 48.8 Å². The van der Waals surface area contributed by atoms with Gasteiger partial charge in [0.1, 0.15) is 11.5 Å². The predicted molar refractivity (Wildman–Crippen MR) is 278 cm³/mol. The topological polar surface area (TPSA) is 154 Å². The Morgan fingerprint density at radius 3 is 1.33 bits per heavy atom. The van der Waals surface area contributed by atoms with Crippen molar-refractivity contribution in [3.05, 3.63) is 117 Å². The first-order valence-corrected chi connectivity index (χ1v) is 25.2. The third-order valence-corrected chi connectivity index (χ3v) is 15.0. The molecule has 1 saturated heterocycles. The molecule has 0 bridgehead atoms. The van der Waals surface area contributed by atoms with E-state index in [2.05, 4.69) is 15.2 Å². The van der Waals surface area contributed by atoms with E-state index >= 15 is 0 Å². The van der Waals surface area contributed by atoms with Gasteiger partial charge in [0.15, 0.2) is 0 Å². The summed E-state index contributed by atoms with van der Waals surface area (Å²) < 4.78 is 35.2. The third-order valence-electron chi connectivity index (χ3n) is 15.0. The van der Waals surface area contributed by atoms with Crippen LogP contribution < -0.4 is 9.47 Å². The van der Waals surface area contributed by atoms with Crippen molar-refractivity contribution in [1.82, 2.24) is 9.13 Å². The summed E-state index contributed by atoms with van der Waals surface area (Å²) >= 11 is 0. The first-order valence-electron chi connectivity index (χ1n) is 25.2. The predicted octanol–water partition coefficient (Wildman–Crippen LogP) is 12.2. The zero-order valence-electron chi connectivity index (χ0n) is 42.0. The molecule has 3 aliphatic heterocycles. The zero-order valence-corrected chi connectivity index (χ0v) is 42.0. The van der Waals surface area contributed by atoms with Crippen molar-refractivity contribution in [2.24, 2.45) is 0 Å². The van der Waals surface area contributed by atoms with Gasteiger partial charge in [-0.3, -0.25) is 0 Å². The van der Waals surface area contributed by atoms with Crippen LogP contribution in [-0.2, 0) is 41.6 Å². The molecule has 376 valence electrons. The monoisotopic (exact) mass is 976 g/mol. The number of methoxy groups -OCH3 is 5. The van der Waals surface area contributed by atoms with Gasteiger partial charge < -0.3 is 42.7 Å². The van der Waals surface area contributed by atoms with Gasteiger partial charge >= 0.3 is 23.9 Å². The van der Waals surface area contributed by atoms with Crippen LogP contribution in [0.2, 0.25) is 0 Å². The van der Waals surface area contributed by atoms with E-state index in [1.54, 1.807) is 20.3 Å². The van der Waals surface area contributed by atoms with Crippen LogP contribution in [0.1, 0.15) is 132 Å². The van der Waals surface area contributed by atoms with E-state index < -0.39 is 11.9 Å². The molecule has 0 spiro atoms. The fourth-order valence-electron chi connectivity index (χ4n) is 11.5. The Labute approximate surface area is 420 Å².